The standard InChI is InChI=1S/C19H27N3O/c1-14-7-9-18(10-8-14)21-19(23)15(2)22(3)13-17-6-4-5-16(11-17)12-20/h4-6,11,14-15,18H,7-10,13H2,1-3H3,(H,21,23). The predicted molar refractivity (Wildman–Crippen MR) is 91.6 cm³/mol. The van der Waals surface area contributed by atoms with Gasteiger partial charge in [-0.15, -0.1) is 0 Å². The Labute approximate surface area is 139 Å². The molecule has 0 heterocycles. The van der Waals surface area contributed by atoms with Gasteiger partial charge in [-0.3, -0.25) is 9.69 Å². The Morgan fingerprint density at radius 2 is 2.09 bits per heavy atom. The Balaban J connectivity index is 1.87. The SMILES string of the molecule is CC1CCC(NC(=O)C(C)N(C)Cc2cccc(C#N)c2)CC1. The van der Waals surface area contributed by atoms with Crippen molar-refractivity contribution < 1.29 is 4.79 Å². The largest absolute Gasteiger partial charge is 0.352 e. The van der Waals surface area contributed by atoms with E-state index in [9.17, 15) is 4.79 Å². The second-order valence-electron chi connectivity index (χ2n) is 6.87. The van der Waals surface area contributed by atoms with Crippen molar-refractivity contribution >= 4 is 5.91 Å². The number of nitrogens with zero attached hydrogens (tertiary/aromatic N) is 2. The van der Waals surface area contributed by atoms with Gasteiger partial charge in [0.25, 0.3) is 0 Å². The molecule has 1 saturated carbocycles. The zero-order chi connectivity index (χ0) is 16.8. The Kier molecular flexibility index (Phi) is 6.18. The number of carbonyl (C=O) groups excluding carboxylic acids is 1. The average molecular weight is 313 g/mol. The van der Waals surface area contributed by atoms with Crippen molar-refractivity contribution in [2.24, 2.45) is 5.92 Å². The molecule has 2 rings (SSSR count). The van der Waals surface area contributed by atoms with Crippen molar-refractivity contribution in [2.45, 2.75) is 58.2 Å². The van der Waals surface area contributed by atoms with Crippen LogP contribution in [0, 0.1) is 17.2 Å². The van der Waals surface area contributed by atoms with Gasteiger partial charge in [0, 0.05) is 12.6 Å². The van der Waals surface area contributed by atoms with Crippen LogP contribution in [0.5, 0.6) is 0 Å². The van der Waals surface area contributed by atoms with E-state index in [4.69, 9.17) is 5.26 Å². The quantitative estimate of drug-likeness (QED) is 0.909. The fraction of sp³-hybridized carbons (Fsp3) is 0.579. The van der Waals surface area contributed by atoms with E-state index in [0.29, 0.717) is 18.2 Å². The highest BCUT2D eigenvalue weighted by atomic mass is 16.2. The lowest BCUT2D eigenvalue weighted by molar-refractivity contribution is -0.126. The molecule has 1 N–H and O–H groups in total. The zero-order valence-electron chi connectivity index (χ0n) is 14.4. The maximum atomic E-state index is 12.4. The van der Waals surface area contributed by atoms with Gasteiger partial charge in [0.2, 0.25) is 5.91 Å². The minimum atomic E-state index is -0.180. The lowest BCUT2D eigenvalue weighted by Gasteiger charge is -2.30. The molecule has 23 heavy (non-hydrogen) atoms. The summed E-state index contributed by atoms with van der Waals surface area (Å²) in [6.07, 6.45) is 4.59. The molecule has 1 aromatic rings. The van der Waals surface area contributed by atoms with Crippen molar-refractivity contribution in [3.05, 3.63) is 35.4 Å². The van der Waals surface area contributed by atoms with E-state index >= 15 is 0 Å². The molecule has 0 spiro atoms. The summed E-state index contributed by atoms with van der Waals surface area (Å²) in [7, 11) is 1.95. The lowest BCUT2D eigenvalue weighted by atomic mass is 9.87. The predicted octanol–water partition coefficient (Wildman–Crippen LogP) is 3.07. The molecule has 4 heteroatoms. The molecule has 1 amide bonds. The zero-order valence-corrected chi connectivity index (χ0v) is 14.4. The molecule has 1 atom stereocenters. The van der Waals surface area contributed by atoms with E-state index in [1.807, 2.05) is 37.1 Å². The van der Waals surface area contributed by atoms with Crippen LogP contribution < -0.4 is 5.32 Å². The highest BCUT2D eigenvalue weighted by molar-refractivity contribution is 5.81. The molecule has 0 aromatic heterocycles. The van der Waals surface area contributed by atoms with Crippen LogP contribution in [0.15, 0.2) is 24.3 Å². The van der Waals surface area contributed by atoms with Crippen molar-refractivity contribution in [1.82, 2.24) is 10.2 Å². The van der Waals surface area contributed by atoms with Crippen LogP contribution in [0.2, 0.25) is 0 Å². The minimum absolute atomic E-state index is 0.100. The van der Waals surface area contributed by atoms with E-state index in [1.54, 1.807) is 6.07 Å². The Bertz CT molecular complexity index is 570. The summed E-state index contributed by atoms with van der Waals surface area (Å²) >= 11 is 0. The van der Waals surface area contributed by atoms with Crippen LogP contribution in [-0.4, -0.2) is 29.9 Å². The topological polar surface area (TPSA) is 56.1 Å². The molecule has 1 aromatic carbocycles. The van der Waals surface area contributed by atoms with Crippen LogP contribution in [0.1, 0.15) is 50.7 Å². The van der Waals surface area contributed by atoms with Crippen LogP contribution in [0.3, 0.4) is 0 Å². The molecular weight excluding hydrogens is 286 g/mol. The minimum Gasteiger partial charge on any atom is -0.352 e. The number of nitriles is 1. The molecule has 4 nitrogen and oxygen atoms in total. The van der Waals surface area contributed by atoms with E-state index in [1.165, 1.54) is 12.8 Å². The molecule has 0 aliphatic heterocycles. The van der Waals surface area contributed by atoms with Crippen LogP contribution in [0.4, 0.5) is 0 Å². The maximum Gasteiger partial charge on any atom is 0.237 e. The normalized spacial score (nSPS) is 22.4. The van der Waals surface area contributed by atoms with Gasteiger partial charge in [0.15, 0.2) is 0 Å². The molecule has 0 radical (unpaired) electrons. The summed E-state index contributed by atoms with van der Waals surface area (Å²) in [6, 6.07) is 9.85. The third-order valence-electron chi connectivity index (χ3n) is 4.89. The molecular formula is C19H27N3O. The van der Waals surface area contributed by atoms with Crippen molar-refractivity contribution in [1.29, 1.82) is 5.26 Å². The summed E-state index contributed by atoms with van der Waals surface area (Å²) in [6.45, 7) is 4.88. The Hall–Kier alpha value is -1.86. The summed E-state index contributed by atoms with van der Waals surface area (Å²) in [4.78, 5) is 14.5. The Morgan fingerprint density at radius 1 is 1.39 bits per heavy atom. The van der Waals surface area contributed by atoms with Gasteiger partial charge in [-0.1, -0.05) is 19.1 Å². The number of likely N-dealkylation sites (N-methyl/N-ethyl adjacent to an activating group) is 1. The van der Waals surface area contributed by atoms with Crippen molar-refractivity contribution in [3.63, 3.8) is 0 Å². The number of hydrogen-bond donors (Lipinski definition) is 1. The number of carbonyl (C=O) groups is 1. The van der Waals surface area contributed by atoms with Crippen molar-refractivity contribution in [3.8, 4) is 6.07 Å². The van der Waals surface area contributed by atoms with Gasteiger partial charge in [-0.25, -0.2) is 0 Å². The monoisotopic (exact) mass is 313 g/mol. The maximum absolute atomic E-state index is 12.4. The fourth-order valence-electron chi connectivity index (χ4n) is 3.09. The van der Waals surface area contributed by atoms with Gasteiger partial charge in [-0.05, 0) is 63.3 Å². The molecule has 0 bridgehead atoms. The average Bonchev–Trinajstić information content (AvgIpc) is 2.56. The highest BCUT2D eigenvalue weighted by Gasteiger charge is 2.24. The number of benzene rings is 1. The Morgan fingerprint density at radius 3 is 2.74 bits per heavy atom. The summed E-state index contributed by atoms with van der Waals surface area (Å²) in [5.41, 5.74) is 1.71. The first kappa shape index (κ1) is 17.5. The first-order valence-electron chi connectivity index (χ1n) is 8.49. The van der Waals surface area contributed by atoms with E-state index in [2.05, 4.69) is 18.3 Å². The number of amides is 1. The van der Waals surface area contributed by atoms with Crippen LogP contribution >= 0.6 is 0 Å². The van der Waals surface area contributed by atoms with Gasteiger partial charge < -0.3 is 5.32 Å². The molecule has 1 fully saturated rings. The van der Waals surface area contributed by atoms with E-state index < -0.39 is 0 Å². The molecule has 0 saturated heterocycles. The summed E-state index contributed by atoms with van der Waals surface area (Å²) in [5.74, 6) is 0.888. The van der Waals surface area contributed by atoms with Gasteiger partial charge in [-0.2, -0.15) is 5.26 Å². The summed E-state index contributed by atoms with van der Waals surface area (Å²) < 4.78 is 0. The number of hydrogen-bond acceptors (Lipinski definition) is 3. The smallest absolute Gasteiger partial charge is 0.237 e. The second kappa shape index (κ2) is 8.12. The van der Waals surface area contributed by atoms with E-state index in [-0.39, 0.29) is 11.9 Å². The van der Waals surface area contributed by atoms with Gasteiger partial charge >= 0.3 is 0 Å². The van der Waals surface area contributed by atoms with Gasteiger partial charge in [0.1, 0.15) is 0 Å². The molecule has 1 aliphatic carbocycles. The second-order valence-corrected chi connectivity index (χ2v) is 6.87. The number of nitrogens with one attached hydrogen (secondary N) is 1. The third-order valence-corrected chi connectivity index (χ3v) is 4.89. The fourth-order valence-corrected chi connectivity index (χ4v) is 3.09. The number of rotatable bonds is 5. The first-order chi connectivity index (χ1) is 11.0. The summed E-state index contributed by atoms with van der Waals surface area (Å²) in [5, 5.41) is 12.2. The molecule has 1 unspecified atom stereocenters. The molecule has 124 valence electrons. The lowest BCUT2D eigenvalue weighted by Crippen LogP contribution is -2.47. The van der Waals surface area contributed by atoms with Crippen LogP contribution in [-0.2, 0) is 11.3 Å². The third kappa shape index (κ3) is 5.07. The molecule has 1 aliphatic rings. The van der Waals surface area contributed by atoms with E-state index in [0.717, 1.165) is 24.3 Å². The first-order valence-corrected chi connectivity index (χ1v) is 8.49. The van der Waals surface area contributed by atoms with Gasteiger partial charge in [0.05, 0.1) is 17.7 Å². The highest BCUT2D eigenvalue weighted by Crippen LogP contribution is 2.23. The van der Waals surface area contributed by atoms with Crippen molar-refractivity contribution in [2.75, 3.05) is 7.05 Å². The van der Waals surface area contributed by atoms with Crippen LogP contribution in [0.25, 0.3) is 0 Å².